The zero-order chi connectivity index (χ0) is 32.6. The van der Waals surface area contributed by atoms with Gasteiger partial charge in [0.15, 0.2) is 0 Å². The molecule has 1 aromatic carbocycles. The quantitative estimate of drug-likeness (QED) is 0.243. The van der Waals surface area contributed by atoms with E-state index in [1.54, 1.807) is 11.3 Å². The number of thiazole rings is 1. The minimum Gasteiger partial charge on any atom is -0.391 e. The van der Waals surface area contributed by atoms with Gasteiger partial charge in [0.2, 0.25) is 17.7 Å². The number of carbonyl (C=O) groups is 3. The SMILES string of the molecule is Cc1ncsc1-c1ccc(CNC(=O)[C@@H]2C[C@@H](O)CN2C(=O)[C@@H](NC(=O)CCCCN2CCN(CCN)CC2)C(C)(C)C)cc1. The third-order valence-corrected chi connectivity index (χ3v) is 9.73. The number of aromatic nitrogens is 1. The summed E-state index contributed by atoms with van der Waals surface area (Å²) in [7, 11) is 0. The van der Waals surface area contributed by atoms with Crippen LogP contribution in [0.4, 0.5) is 0 Å². The van der Waals surface area contributed by atoms with Crippen LogP contribution < -0.4 is 16.4 Å². The van der Waals surface area contributed by atoms with E-state index in [2.05, 4.69) is 25.4 Å². The van der Waals surface area contributed by atoms with Crippen LogP contribution in [0, 0.1) is 12.3 Å². The van der Waals surface area contributed by atoms with Crippen LogP contribution in [-0.4, -0.2) is 113 Å². The smallest absolute Gasteiger partial charge is 0.246 e. The Kier molecular flexibility index (Phi) is 12.5. The van der Waals surface area contributed by atoms with Crippen LogP contribution in [0.3, 0.4) is 0 Å². The first-order valence-electron chi connectivity index (χ1n) is 16.2. The fourth-order valence-electron chi connectivity index (χ4n) is 6.05. The van der Waals surface area contributed by atoms with Gasteiger partial charge >= 0.3 is 0 Å². The molecule has 0 aliphatic carbocycles. The van der Waals surface area contributed by atoms with Crippen molar-refractivity contribution in [2.75, 3.05) is 52.4 Å². The Bertz CT molecular complexity index is 1270. The number of amides is 3. The lowest BCUT2D eigenvalue weighted by Crippen LogP contribution is -2.57. The number of carbonyl (C=O) groups excluding carboxylic acids is 3. The predicted molar refractivity (Wildman–Crippen MR) is 177 cm³/mol. The molecule has 2 aliphatic heterocycles. The van der Waals surface area contributed by atoms with Gasteiger partial charge in [0.25, 0.3) is 0 Å². The van der Waals surface area contributed by atoms with Crippen molar-refractivity contribution < 1.29 is 19.5 Å². The minimum atomic E-state index is -0.816. The molecule has 2 fully saturated rings. The molecule has 2 aromatic rings. The number of rotatable bonds is 13. The van der Waals surface area contributed by atoms with Gasteiger partial charge in [-0.15, -0.1) is 11.3 Å². The van der Waals surface area contributed by atoms with Gasteiger partial charge < -0.3 is 31.3 Å². The number of aryl methyl sites for hydroxylation is 1. The van der Waals surface area contributed by atoms with Crippen molar-refractivity contribution in [3.63, 3.8) is 0 Å². The number of aliphatic hydroxyl groups excluding tert-OH is 1. The van der Waals surface area contributed by atoms with Gasteiger partial charge in [-0.1, -0.05) is 45.0 Å². The van der Waals surface area contributed by atoms with E-state index in [1.165, 1.54) is 4.90 Å². The molecule has 2 aliphatic rings. The number of β-amino-alcohol motifs (C(OH)–C–C–N with tert-alkyl or cyclic N) is 1. The Hall–Kier alpha value is -2.90. The second-order valence-corrected chi connectivity index (χ2v) is 14.2. The third-order valence-electron chi connectivity index (χ3n) is 8.75. The minimum absolute atomic E-state index is 0.0564. The number of hydrogen-bond acceptors (Lipinski definition) is 9. The van der Waals surface area contributed by atoms with Gasteiger partial charge in [-0.05, 0) is 42.9 Å². The van der Waals surface area contributed by atoms with Crippen LogP contribution in [0.5, 0.6) is 0 Å². The molecular weight excluding hydrogens is 590 g/mol. The lowest BCUT2D eigenvalue weighted by atomic mass is 9.85. The molecule has 0 saturated carbocycles. The van der Waals surface area contributed by atoms with Crippen molar-refractivity contribution in [1.29, 1.82) is 0 Å². The van der Waals surface area contributed by atoms with Crippen molar-refractivity contribution in [2.45, 2.75) is 78.1 Å². The summed E-state index contributed by atoms with van der Waals surface area (Å²) < 4.78 is 0. The molecule has 0 radical (unpaired) electrons. The number of nitrogens with two attached hydrogens (primary N) is 1. The Labute approximate surface area is 271 Å². The lowest BCUT2D eigenvalue weighted by Gasteiger charge is -2.35. The monoisotopic (exact) mass is 641 g/mol. The highest BCUT2D eigenvalue weighted by Gasteiger charge is 2.44. The molecule has 2 saturated heterocycles. The summed E-state index contributed by atoms with van der Waals surface area (Å²) in [5, 5.41) is 16.4. The molecule has 4 rings (SSSR count). The molecule has 11 nitrogen and oxygen atoms in total. The topological polar surface area (TPSA) is 144 Å². The van der Waals surface area contributed by atoms with Gasteiger partial charge in [-0.2, -0.15) is 0 Å². The molecule has 0 bridgehead atoms. The summed E-state index contributed by atoms with van der Waals surface area (Å²) in [4.78, 5) is 51.8. The van der Waals surface area contributed by atoms with Crippen molar-refractivity contribution >= 4 is 29.1 Å². The lowest BCUT2D eigenvalue weighted by molar-refractivity contribution is -0.144. The first kappa shape index (κ1) is 35.0. The molecule has 0 spiro atoms. The largest absolute Gasteiger partial charge is 0.391 e. The van der Waals surface area contributed by atoms with Crippen LogP contribution in [-0.2, 0) is 20.9 Å². The average molecular weight is 642 g/mol. The fraction of sp³-hybridized carbons (Fsp3) is 0.636. The highest BCUT2D eigenvalue weighted by molar-refractivity contribution is 7.13. The van der Waals surface area contributed by atoms with E-state index >= 15 is 0 Å². The van der Waals surface area contributed by atoms with Gasteiger partial charge in [-0.3, -0.25) is 19.3 Å². The first-order valence-corrected chi connectivity index (χ1v) is 17.0. The number of likely N-dealkylation sites (tertiary alicyclic amines) is 1. The zero-order valence-electron chi connectivity index (χ0n) is 27.3. The van der Waals surface area contributed by atoms with Gasteiger partial charge in [0, 0.05) is 65.2 Å². The second-order valence-electron chi connectivity index (χ2n) is 13.4. The summed E-state index contributed by atoms with van der Waals surface area (Å²) in [5.41, 5.74) is 9.90. The maximum Gasteiger partial charge on any atom is 0.246 e. The van der Waals surface area contributed by atoms with E-state index in [0.717, 1.165) is 73.8 Å². The summed E-state index contributed by atoms with van der Waals surface area (Å²) in [6.45, 7) is 14.7. The molecule has 3 heterocycles. The summed E-state index contributed by atoms with van der Waals surface area (Å²) in [6, 6.07) is 6.34. The molecule has 0 unspecified atom stereocenters. The van der Waals surface area contributed by atoms with Crippen LogP contribution >= 0.6 is 11.3 Å². The van der Waals surface area contributed by atoms with Crippen molar-refractivity contribution in [1.82, 2.24) is 30.3 Å². The summed E-state index contributed by atoms with van der Waals surface area (Å²) >= 11 is 1.59. The molecule has 45 heavy (non-hydrogen) atoms. The van der Waals surface area contributed by atoms with E-state index in [-0.39, 0.29) is 30.7 Å². The number of benzene rings is 1. The van der Waals surface area contributed by atoms with Crippen molar-refractivity contribution in [2.24, 2.45) is 11.1 Å². The van der Waals surface area contributed by atoms with E-state index in [4.69, 9.17) is 5.73 Å². The molecule has 12 heteroatoms. The van der Waals surface area contributed by atoms with Gasteiger partial charge in [-0.25, -0.2) is 4.98 Å². The van der Waals surface area contributed by atoms with E-state index < -0.39 is 23.6 Å². The molecular formula is C33H51N7O4S. The second kappa shape index (κ2) is 16.1. The van der Waals surface area contributed by atoms with E-state index in [1.807, 2.05) is 57.5 Å². The van der Waals surface area contributed by atoms with Crippen LogP contribution in [0.1, 0.15) is 57.7 Å². The van der Waals surface area contributed by atoms with Crippen LogP contribution in [0.15, 0.2) is 29.8 Å². The number of piperazine rings is 1. The third kappa shape index (κ3) is 9.79. The molecule has 3 amide bonds. The Morgan fingerprint density at radius 1 is 1.07 bits per heavy atom. The maximum absolute atomic E-state index is 13.8. The molecule has 3 atom stereocenters. The highest BCUT2D eigenvalue weighted by atomic mass is 32.1. The van der Waals surface area contributed by atoms with Gasteiger partial charge in [0.05, 0.1) is 22.2 Å². The van der Waals surface area contributed by atoms with Gasteiger partial charge in [0.1, 0.15) is 12.1 Å². The van der Waals surface area contributed by atoms with Crippen LogP contribution in [0.25, 0.3) is 10.4 Å². The number of aliphatic hydroxyl groups is 1. The van der Waals surface area contributed by atoms with Crippen molar-refractivity contribution in [3.05, 3.63) is 41.0 Å². The van der Waals surface area contributed by atoms with E-state index in [0.29, 0.717) is 19.5 Å². The Morgan fingerprint density at radius 2 is 1.73 bits per heavy atom. The number of unbranched alkanes of at least 4 members (excludes halogenated alkanes) is 1. The average Bonchev–Trinajstić information content (AvgIpc) is 3.62. The number of nitrogens with zero attached hydrogens (tertiary/aromatic N) is 4. The number of nitrogens with one attached hydrogen (secondary N) is 2. The molecule has 1 aromatic heterocycles. The van der Waals surface area contributed by atoms with Crippen LogP contribution in [0.2, 0.25) is 0 Å². The fourth-order valence-corrected chi connectivity index (χ4v) is 6.87. The maximum atomic E-state index is 13.8. The first-order chi connectivity index (χ1) is 21.5. The van der Waals surface area contributed by atoms with E-state index in [9.17, 15) is 19.5 Å². The Morgan fingerprint density at radius 3 is 2.33 bits per heavy atom. The van der Waals surface area contributed by atoms with Crippen molar-refractivity contribution in [3.8, 4) is 10.4 Å². The molecule has 5 N–H and O–H groups in total. The molecule has 248 valence electrons. The standard InChI is InChI=1S/C33H51N7O4S/c1-23-29(45-22-36-23)25-10-8-24(9-11-25)20-35-31(43)27-19-26(41)21-40(27)32(44)30(33(2,3)4)37-28(42)7-5-6-13-38-15-17-39(14-12-34)18-16-38/h8-11,22,26-27,30,41H,5-7,12-21,34H2,1-4H3,(H,35,43)(H,37,42)/t26-,27+,30-/m1/s1. The summed E-state index contributed by atoms with van der Waals surface area (Å²) in [6.07, 6.45) is 1.33. The Balaban J connectivity index is 1.27. The normalized spacial score (nSPS) is 20.3. The predicted octanol–water partition coefficient (Wildman–Crippen LogP) is 1.97. The number of hydrogen-bond donors (Lipinski definition) is 4. The zero-order valence-corrected chi connectivity index (χ0v) is 28.1. The summed E-state index contributed by atoms with van der Waals surface area (Å²) in [5.74, 6) is -0.828. The highest BCUT2D eigenvalue weighted by Crippen LogP contribution is 2.28.